The number of hydrogen-bond donors (Lipinski definition) is 1. The van der Waals surface area contributed by atoms with Gasteiger partial charge in [-0.05, 0) is 67.4 Å². The second kappa shape index (κ2) is 12.0. The summed E-state index contributed by atoms with van der Waals surface area (Å²) in [6, 6.07) is 30.2. The molecule has 0 bridgehead atoms. The van der Waals surface area contributed by atoms with E-state index in [9.17, 15) is 9.59 Å². The van der Waals surface area contributed by atoms with E-state index in [1.54, 1.807) is 24.3 Å². The summed E-state index contributed by atoms with van der Waals surface area (Å²) in [4.78, 5) is 30.7. The van der Waals surface area contributed by atoms with Gasteiger partial charge in [0.05, 0.1) is 16.6 Å². The maximum atomic E-state index is 13.9. The number of carbonyl (C=O) groups excluding carboxylic acids is 2. The number of carbonyl (C=O) groups is 2. The average molecular weight is 526 g/mol. The average Bonchev–Trinajstić information content (AvgIpc) is 2.91. The largest absolute Gasteiger partial charge is 0.377 e. The first kappa shape index (κ1) is 27.0. The van der Waals surface area contributed by atoms with Crippen LogP contribution in [0.25, 0.3) is 0 Å². The van der Waals surface area contributed by atoms with Gasteiger partial charge in [-0.15, -0.1) is 0 Å². The molecule has 6 heteroatoms. The lowest BCUT2D eigenvalue weighted by molar-refractivity contribution is 0.0674. The molecule has 4 aromatic rings. The minimum Gasteiger partial charge on any atom is -0.377 e. The van der Waals surface area contributed by atoms with Gasteiger partial charge < -0.3 is 15.1 Å². The van der Waals surface area contributed by atoms with Gasteiger partial charge in [0.15, 0.2) is 0 Å². The molecule has 0 aromatic heterocycles. The van der Waals surface area contributed by atoms with Crippen molar-refractivity contribution in [2.75, 3.05) is 24.3 Å². The van der Waals surface area contributed by atoms with Crippen molar-refractivity contribution in [2.24, 2.45) is 0 Å². The summed E-state index contributed by atoms with van der Waals surface area (Å²) < 4.78 is 0. The van der Waals surface area contributed by atoms with Crippen LogP contribution in [-0.4, -0.2) is 30.8 Å². The second-order valence-corrected chi connectivity index (χ2v) is 9.97. The fraction of sp³-hybridized carbons (Fsp3) is 0.188. The summed E-state index contributed by atoms with van der Waals surface area (Å²) in [6.07, 6.45) is 0. The highest BCUT2D eigenvalue weighted by atomic mass is 35.5. The summed E-state index contributed by atoms with van der Waals surface area (Å²) in [5.74, 6) is -0.343. The first-order valence-corrected chi connectivity index (χ1v) is 12.9. The van der Waals surface area contributed by atoms with Crippen molar-refractivity contribution < 1.29 is 9.59 Å². The van der Waals surface area contributed by atoms with Crippen LogP contribution in [-0.2, 0) is 6.54 Å². The molecular formula is C32H32ClN3O2. The topological polar surface area (TPSA) is 52.7 Å². The van der Waals surface area contributed by atoms with Crippen LogP contribution in [0.4, 0.5) is 11.4 Å². The third-order valence-electron chi connectivity index (χ3n) is 6.55. The van der Waals surface area contributed by atoms with Gasteiger partial charge in [-0.3, -0.25) is 9.59 Å². The fourth-order valence-electron chi connectivity index (χ4n) is 4.49. The van der Waals surface area contributed by atoms with Crippen molar-refractivity contribution in [3.05, 3.63) is 130 Å². The van der Waals surface area contributed by atoms with Crippen LogP contribution in [0.1, 0.15) is 50.4 Å². The Balaban J connectivity index is 1.71. The van der Waals surface area contributed by atoms with Crippen molar-refractivity contribution in [3.63, 3.8) is 0 Å². The number of hydrogen-bond acceptors (Lipinski definition) is 3. The van der Waals surface area contributed by atoms with Crippen LogP contribution < -0.4 is 10.2 Å². The van der Waals surface area contributed by atoms with Crippen LogP contribution in [0.5, 0.6) is 0 Å². The molecule has 0 heterocycles. The van der Waals surface area contributed by atoms with E-state index in [-0.39, 0.29) is 17.9 Å². The number of anilines is 2. The highest BCUT2D eigenvalue weighted by molar-refractivity contribution is 6.34. The van der Waals surface area contributed by atoms with E-state index >= 15 is 0 Å². The third kappa shape index (κ3) is 6.24. The molecule has 2 amide bonds. The van der Waals surface area contributed by atoms with Gasteiger partial charge in [0, 0.05) is 37.6 Å². The van der Waals surface area contributed by atoms with E-state index in [1.807, 2.05) is 111 Å². The Hall–Kier alpha value is -4.09. The van der Waals surface area contributed by atoms with Gasteiger partial charge in [0.1, 0.15) is 0 Å². The van der Waals surface area contributed by atoms with Gasteiger partial charge in [0.25, 0.3) is 11.8 Å². The van der Waals surface area contributed by atoms with E-state index in [1.165, 1.54) is 0 Å². The molecule has 4 aromatic carbocycles. The van der Waals surface area contributed by atoms with Gasteiger partial charge in [0.2, 0.25) is 0 Å². The standard InChI is InChI=1S/C32H32ClN3O2/c1-22-11-10-14-25(19-22)32(38)36(23(2)24-12-6-5-7-13-24)21-26-20-27(17-18-30(26)35(3)4)34-31(37)28-15-8-9-16-29(28)33/h5-20,23H,21H2,1-4H3,(H,34,37)/t23-/m1/s1. The van der Waals surface area contributed by atoms with Gasteiger partial charge in [-0.25, -0.2) is 0 Å². The van der Waals surface area contributed by atoms with Crippen molar-refractivity contribution in [3.8, 4) is 0 Å². The lowest BCUT2D eigenvalue weighted by Crippen LogP contribution is -2.34. The molecule has 0 unspecified atom stereocenters. The molecule has 0 saturated heterocycles. The molecule has 0 aliphatic heterocycles. The monoisotopic (exact) mass is 525 g/mol. The highest BCUT2D eigenvalue weighted by Crippen LogP contribution is 2.30. The zero-order valence-electron chi connectivity index (χ0n) is 22.1. The predicted molar refractivity (Wildman–Crippen MR) is 156 cm³/mol. The lowest BCUT2D eigenvalue weighted by atomic mass is 10.0. The molecule has 0 radical (unpaired) electrons. The lowest BCUT2D eigenvalue weighted by Gasteiger charge is -2.32. The Kier molecular flexibility index (Phi) is 8.49. The maximum absolute atomic E-state index is 13.9. The molecule has 0 aliphatic carbocycles. The normalized spacial score (nSPS) is 11.5. The second-order valence-electron chi connectivity index (χ2n) is 9.56. The molecule has 1 N–H and O–H groups in total. The van der Waals surface area contributed by atoms with Crippen LogP contribution >= 0.6 is 11.6 Å². The Labute approximate surface area is 229 Å². The number of rotatable bonds is 8. The molecule has 0 spiro atoms. The Morgan fingerprint density at radius 2 is 1.58 bits per heavy atom. The quantitative estimate of drug-likeness (QED) is 0.261. The van der Waals surface area contributed by atoms with Gasteiger partial charge >= 0.3 is 0 Å². The van der Waals surface area contributed by atoms with Crippen molar-refractivity contribution >= 4 is 34.8 Å². The van der Waals surface area contributed by atoms with E-state index in [0.29, 0.717) is 28.4 Å². The zero-order chi connectivity index (χ0) is 27.2. The van der Waals surface area contributed by atoms with E-state index in [0.717, 1.165) is 22.4 Å². The predicted octanol–water partition coefficient (Wildman–Crippen LogP) is 7.37. The number of nitrogens with zero attached hydrogens (tertiary/aromatic N) is 2. The fourth-order valence-corrected chi connectivity index (χ4v) is 4.72. The Morgan fingerprint density at radius 3 is 2.26 bits per heavy atom. The SMILES string of the molecule is Cc1cccc(C(=O)N(Cc2cc(NC(=O)c3ccccc3Cl)ccc2N(C)C)[C@H](C)c2ccccc2)c1. The van der Waals surface area contributed by atoms with E-state index in [4.69, 9.17) is 11.6 Å². The first-order valence-electron chi connectivity index (χ1n) is 12.5. The minimum absolute atomic E-state index is 0.0553. The Bertz CT molecular complexity index is 1440. The molecule has 5 nitrogen and oxygen atoms in total. The maximum Gasteiger partial charge on any atom is 0.257 e. The van der Waals surface area contributed by atoms with Gasteiger partial charge in [-0.1, -0.05) is 71.8 Å². The molecular weight excluding hydrogens is 494 g/mol. The molecule has 0 saturated carbocycles. The zero-order valence-corrected chi connectivity index (χ0v) is 22.9. The number of benzene rings is 4. The van der Waals surface area contributed by atoms with Crippen LogP contribution in [0.3, 0.4) is 0 Å². The first-order chi connectivity index (χ1) is 18.2. The van der Waals surface area contributed by atoms with Gasteiger partial charge in [-0.2, -0.15) is 0 Å². The number of nitrogens with one attached hydrogen (secondary N) is 1. The molecule has 194 valence electrons. The summed E-state index contributed by atoms with van der Waals surface area (Å²) in [5, 5.41) is 3.35. The molecule has 1 atom stereocenters. The minimum atomic E-state index is -0.288. The highest BCUT2D eigenvalue weighted by Gasteiger charge is 2.25. The third-order valence-corrected chi connectivity index (χ3v) is 6.88. The van der Waals surface area contributed by atoms with Crippen LogP contribution in [0, 0.1) is 6.92 Å². The van der Waals surface area contributed by atoms with E-state index < -0.39 is 0 Å². The van der Waals surface area contributed by atoms with Crippen LogP contribution in [0.15, 0.2) is 97.1 Å². The molecule has 38 heavy (non-hydrogen) atoms. The molecule has 4 rings (SSSR count). The smallest absolute Gasteiger partial charge is 0.257 e. The Morgan fingerprint density at radius 1 is 0.868 bits per heavy atom. The van der Waals surface area contributed by atoms with Crippen molar-refractivity contribution in [1.82, 2.24) is 4.90 Å². The summed E-state index contributed by atoms with van der Waals surface area (Å²) >= 11 is 6.24. The molecule has 0 fully saturated rings. The number of amides is 2. The van der Waals surface area contributed by atoms with E-state index in [2.05, 4.69) is 5.32 Å². The molecule has 0 aliphatic rings. The summed E-state index contributed by atoms with van der Waals surface area (Å²) in [7, 11) is 3.93. The summed E-state index contributed by atoms with van der Waals surface area (Å²) in [6.45, 7) is 4.38. The van der Waals surface area contributed by atoms with Crippen molar-refractivity contribution in [1.29, 1.82) is 0 Å². The summed E-state index contributed by atoms with van der Waals surface area (Å²) in [5.41, 5.74) is 5.62. The number of aryl methyl sites for hydroxylation is 1. The van der Waals surface area contributed by atoms with Crippen molar-refractivity contribution in [2.45, 2.75) is 26.4 Å². The van der Waals surface area contributed by atoms with Crippen LogP contribution in [0.2, 0.25) is 5.02 Å². The number of halogens is 1.